The molecule has 1 heterocycles. The minimum absolute atomic E-state index is 0.589. The van der Waals surface area contributed by atoms with Crippen molar-refractivity contribution < 1.29 is 4.74 Å². The molecule has 0 aromatic heterocycles. The summed E-state index contributed by atoms with van der Waals surface area (Å²) in [5, 5.41) is 3.46. The molecule has 1 aliphatic rings. The van der Waals surface area contributed by atoms with Gasteiger partial charge in [-0.05, 0) is 30.9 Å². The van der Waals surface area contributed by atoms with Crippen LogP contribution in [-0.2, 0) is 17.6 Å². The highest BCUT2D eigenvalue weighted by Crippen LogP contribution is 2.16. The van der Waals surface area contributed by atoms with Crippen molar-refractivity contribution in [1.29, 1.82) is 0 Å². The Balaban J connectivity index is 1.80. The number of rotatable bonds is 6. The lowest BCUT2D eigenvalue weighted by Crippen LogP contribution is -2.42. The second kappa shape index (κ2) is 7.63. The smallest absolute Gasteiger partial charge is 0.0587 e. The third-order valence-electron chi connectivity index (χ3n) is 4.00. The van der Waals surface area contributed by atoms with Gasteiger partial charge in [-0.1, -0.05) is 24.3 Å². The van der Waals surface area contributed by atoms with Gasteiger partial charge in [-0.3, -0.25) is 4.90 Å². The lowest BCUT2D eigenvalue weighted by Gasteiger charge is -2.27. The van der Waals surface area contributed by atoms with Crippen molar-refractivity contribution in [2.45, 2.75) is 25.8 Å². The molecule has 0 aliphatic carbocycles. The van der Waals surface area contributed by atoms with Crippen molar-refractivity contribution >= 4 is 0 Å². The fourth-order valence-electron chi connectivity index (χ4n) is 2.74. The summed E-state index contributed by atoms with van der Waals surface area (Å²) in [6.07, 6.45) is 2.36. The topological polar surface area (TPSA) is 24.5 Å². The second-order valence-corrected chi connectivity index (χ2v) is 5.35. The van der Waals surface area contributed by atoms with Crippen molar-refractivity contribution in [2.24, 2.45) is 0 Å². The second-order valence-electron chi connectivity index (χ2n) is 5.35. The highest BCUT2D eigenvalue weighted by Gasteiger charge is 2.17. The van der Waals surface area contributed by atoms with E-state index in [1.54, 1.807) is 7.11 Å². The van der Waals surface area contributed by atoms with Crippen LogP contribution in [0.5, 0.6) is 0 Å². The maximum absolute atomic E-state index is 5.06. The molecule has 0 fully saturated rings. The lowest BCUT2D eigenvalue weighted by molar-refractivity contribution is 0.185. The highest BCUT2D eigenvalue weighted by atomic mass is 16.5. The summed E-state index contributed by atoms with van der Waals surface area (Å²) >= 11 is 0. The van der Waals surface area contributed by atoms with Gasteiger partial charge in [0, 0.05) is 39.3 Å². The number of benzene rings is 1. The van der Waals surface area contributed by atoms with E-state index in [0.29, 0.717) is 6.04 Å². The van der Waals surface area contributed by atoms with E-state index in [1.807, 2.05) is 0 Å². The Morgan fingerprint density at radius 2 is 1.84 bits per heavy atom. The summed E-state index contributed by atoms with van der Waals surface area (Å²) in [6, 6.07) is 9.46. The molecule has 2 rings (SSSR count). The molecule has 1 N–H and O–H groups in total. The van der Waals surface area contributed by atoms with E-state index in [1.165, 1.54) is 37.1 Å². The molecule has 3 heteroatoms. The molecule has 1 unspecified atom stereocenters. The van der Waals surface area contributed by atoms with Crippen molar-refractivity contribution in [3.05, 3.63) is 35.4 Å². The van der Waals surface area contributed by atoms with E-state index < -0.39 is 0 Å². The van der Waals surface area contributed by atoms with E-state index in [-0.39, 0.29) is 0 Å². The van der Waals surface area contributed by atoms with Gasteiger partial charge < -0.3 is 10.1 Å². The van der Waals surface area contributed by atoms with Crippen LogP contribution in [0, 0.1) is 0 Å². The highest BCUT2D eigenvalue weighted by molar-refractivity contribution is 5.28. The van der Waals surface area contributed by atoms with E-state index in [2.05, 4.69) is 41.4 Å². The quantitative estimate of drug-likeness (QED) is 0.790. The SMILES string of the molecule is COCCNCC(C)N1CCc2ccccc2CC1. The van der Waals surface area contributed by atoms with Crippen LogP contribution in [-0.4, -0.2) is 50.8 Å². The predicted molar refractivity (Wildman–Crippen MR) is 79.6 cm³/mol. The molecule has 1 aromatic carbocycles. The standard InChI is InChI=1S/C16H26N2O/c1-14(13-17-9-12-19-2)18-10-7-15-5-3-4-6-16(15)8-11-18/h3-6,14,17H,7-13H2,1-2H3. The van der Waals surface area contributed by atoms with Crippen molar-refractivity contribution in [3.63, 3.8) is 0 Å². The Labute approximate surface area is 116 Å². The van der Waals surface area contributed by atoms with Gasteiger partial charge >= 0.3 is 0 Å². The van der Waals surface area contributed by atoms with Crippen LogP contribution in [0.2, 0.25) is 0 Å². The normalized spacial score (nSPS) is 17.8. The fraction of sp³-hybridized carbons (Fsp3) is 0.625. The molecule has 0 radical (unpaired) electrons. The van der Waals surface area contributed by atoms with Gasteiger partial charge in [0.1, 0.15) is 0 Å². The van der Waals surface area contributed by atoms with E-state index in [9.17, 15) is 0 Å². The summed E-state index contributed by atoms with van der Waals surface area (Å²) < 4.78 is 5.06. The van der Waals surface area contributed by atoms with E-state index in [0.717, 1.165) is 19.7 Å². The Morgan fingerprint density at radius 3 is 2.42 bits per heavy atom. The molecule has 106 valence electrons. The van der Waals surface area contributed by atoms with Gasteiger partial charge in [-0.25, -0.2) is 0 Å². The monoisotopic (exact) mass is 262 g/mol. The largest absolute Gasteiger partial charge is 0.383 e. The first kappa shape index (κ1) is 14.5. The number of hydrogen-bond acceptors (Lipinski definition) is 3. The predicted octanol–water partition coefficient (Wildman–Crippen LogP) is 1.71. The zero-order valence-electron chi connectivity index (χ0n) is 12.2. The Bertz CT molecular complexity index is 354. The third kappa shape index (κ3) is 4.30. The van der Waals surface area contributed by atoms with Crippen molar-refractivity contribution in [3.8, 4) is 0 Å². The third-order valence-corrected chi connectivity index (χ3v) is 4.00. The van der Waals surface area contributed by atoms with E-state index in [4.69, 9.17) is 4.74 Å². The molecule has 0 amide bonds. The first-order valence-corrected chi connectivity index (χ1v) is 7.31. The fourth-order valence-corrected chi connectivity index (χ4v) is 2.74. The number of ether oxygens (including phenoxy) is 1. The molecular formula is C16H26N2O. The maximum Gasteiger partial charge on any atom is 0.0587 e. The summed E-state index contributed by atoms with van der Waals surface area (Å²) in [5.74, 6) is 0. The van der Waals surface area contributed by atoms with Crippen LogP contribution in [0.1, 0.15) is 18.1 Å². The first-order valence-electron chi connectivity index (χ1n) is 7.31. The lowest BCUT2D eigenvalue weighted by atomic mass is 10.0. The van der Waals surface area contributed by atoms with Gasteiger partial charge in [0.15, 0.2) is 0 Å². The van der Waals surface area contributed by atoms with Gasteiger partial charge in [0.2, 0.25) is 0 Å². The minimum Gasteiger partial charge on any atom is -0.383 e. The van der Waals surface area contributed by atoms with Gasteiger partial charge in [0.25, 0.3) is 0 Å². The van der Waals surface area contributed by atoms with Gasteiger partial charge in [-0.2, -0.15) is 0 Å². The molecule has 1 aliphatic heterocycles. The number of nitrogens with zero attached hydrogens (tertiary/aromatic N) is 1. The number of nitrogens with one attached hydrogen (secondary N) is 1. The van der Waals surface area contributed by atoms with Crippen molar-refractivity contribution in [2.75, 3.05) is 39.9 Å². The Morgan fingerprint density at radius 1 is 1.21 bits per heavy atom. The van der Waals surface area contributed by atoms with Crippen LogP contribution in [0.3, 0.4) is 0 Å². The maximum atomic E-state index is 5.06. The van der Waals surface area contributed by atoms with Gasteiger partial charge in [-0.15, -0.1) is 0 Å². The van der Waals surface area contributed by atoms with Crippen LogP contribution in [0.25, 0.3) is 0 Å². The molecular weight excluding hydrogens is 236 g/mol. The molecule has 0 bridgehead atoms. The molecule has 1 atom stereocenters. The van der Waals surface area contributed by atoms with Crippen LogP contribution in [0.4, 0.5) is 0 Å². The van der Waals surface area contributed by atoms with Crippen LogP contribution in [0.15, 0.2) is 24.3 Å². The molecule has 0 saturated carbocycles. The zero-order chi connectivity index (χ0) is 13.5. The minimum atomic E-state index is 0.589. The number of hydrogen-bond donors (Lipinski definition) is 1. The summed E-state index contributed by atoms with van der Waals surface area (Å²) in [7, 11) is 1.75. The molecule has 0 saturated heterocycles. The van der Waals surface area contributed by atoms with Crippen LogP contribution < -0.4 is 5.32 Å². The molecule has 19 heavy (non-hydrogen) atoms. The van der Waals surface area contributed by atoms with Crippen LogP contribution >= 0.6 is 0 Å². The van der Waals surface area contributed by atoms with E-state index >= 15 is 0 Å². The Hall–Kier alpha value is -0.900. The molecule has 1 aromatic rings. The summed E-state index contributed by atoms with van der Waals surface area (Å²) in [5.41, 5.74) is 3.06. The summed E-state index contributed by atoms with van der Waals surface area (Å²) in [6.45, 7) is 7.43. The average Bonchev–Trinajstić information content (AvgIpc) is 2.66. The first-order chi connectivity index (χ1) is 9.31. The molecule has 3 nitrogen and oxygen atoms in total. The number of fused-ring (bicyclic) bond motifs is 1. The zero-order valence-corrected chi connectivity index (χ0v) is 12.2. The Kier molecular flexibility index (Phi) is 5.83. The molecule has 0 spiro atoms. The van der Waals surface area contributed by atoms with Crippen molar-refractivity contribution in [1.82, 2.24) is 10.2 Å². The average molecular weight is 262 g/mol. The summed E-state index contributed by atoms with van der Waals surface area (Å²) in [4.78, 5) is 2.60. The van der Waals surface area contributed by atoms with Gasteiger partial charge in [0.05, 0.1) is 6.61 Å². The number of methoxy groups -OCH3 is 1.